The Balaban J connectivity index is 0.000000444. The highest BCUT2D eigenvalue weighted by Crippen LogP contribution is 2.32. The molecular weight excluding hydrogens is 262 g/mol. The average Bonchev–Trinajstić information content (AvgIpc) is 3.22. The van der Waals surface area contributed by atoms with Crippen LogP contribution in [0.2, 0.25) is 0 Å². The summed E-state index contributed by atoms with van der Waals surface area (Å²) in [6.45, 7) is 1.81. The minimum atomic E-state index is -1.83. The Kier molecular flexibility index (Phi) is 5.71. The summed E-state index contributed by atoms with van der Waals surface area (Å²) >= 11 is 0. The molecule has 1 fully saturated rings. The van der Waals surface area contributed by atoms with Crippen molar-refractivity contribution in [1.29, 1.82) is 0 Å². The first-order valence-electron chi connectivity index (χ1n) is 6.30. The van der Waals surface area contributed by atoms with Crippen LogP contribution in [-0.4, -0.2) is 28.1 Å². The van der Waals surface area contributed by atoms with E-state index in [9.17, 15) is 9.59 Å². The number of nitrogens with one attached hydrogen (secondary N) is 1. The molecule has 2 rings (SSSR count). The fraction of sp³-hybridized carbons (Fsp3) is 0.357. The highest BCUT2D eigenvalue weighted by molar-refractivity contribution is 6.00. The van der Waals surface area contributed by atoms with Crippen LogP contribution in [-0.2, 0) is 4.79 Å². The lowest BCUT2D eigenvalue weighted by Gasteiger charge is -2.04. The summed E-state index contributed by atoms with van der Waals surface area (Å²) in [4.78, 5) is 31.4. The molecule has 0 bridgehead atoms. The summed E-state index contributed by atoms with van der Waals surface area (Å²) in [5, 5.41) is 16.7. The van der Waals surface area contributed by atoms with Crippen molar-refractivity contribution in [2.24, 2.45) is 5.92 Å². The third kappa shape index (κ3) is 5.51. The molecule has 108 valence electrons. The third-order valence-corrected chi connectivity index (χ3v) is 2.72. The Bertz CT molecular complexity index is 487. The van der Waals surface area contributed by atoms with E-state index in [4.69, 9.17) is 15.0 Å². The van der Waals surface area contributed by atoms with Crippen LogP contribution in [0.4, 0.5) is 10.5 Å². The Hall–Kier alpha value is -2.37. The molecule has 1 amide bonds. The number of carboxylic acid groups (broad SMARTS) is 2. The van der Waals surface area contributed by atoms with Gasteiger partial charge < -0.3 is 15.5 Å². The number of hydrogen-bond donors (Lipinski definition) is 3. The van der Waals surface area contributed by atoms with E-state index in [1.54, 1.807) is 31.2 Å². The fourth-order valence-corrected chi connectivity index (χ4v) is 1.55. The van der Waals surface area contributed by atoms with Gasteiger partial charge in [0.1, 0.15) is 0 Å². The molecule has 3 N–H and O–H groups in total. The maximum atomic E-state index is 11.7. The van der Waals surface area contributed by atoms with Gasteiger partial charge in [-0.1, -0.05) is 6.92 Å². The van der Waals surface area contributed by atoms with E-state index in [-0.39, 0.29) is 17.6 Å². The lowest BCUT2D eigenvalue weighted by Crippen LogP contribution is -2.09. The molecule has 0 heterocycles. The SMILES string of the molecule is CCC(=O)Nc1ccc(C(=O)C2CC2)cc1.O=C(O)O. The van der Waals surface area contributed by atoms with Crippen LogP contribution in [0.1, 0.15) is 36.5 Å². The molecule has 1 saturated carbocycles. The van der Waals surface area contributed by atoms with E-state index in [1.165, 1.54) is 0 Å². The number of amides is 1. The highest BCUT2D eigenvalue weighted by atomic mass is 16.6. The molecule has 0 atom stereocenters. The number of Topliss-reactive ketones (excluding diaryl/α,β-unsaturated/α-hetero) is 1. The van der Waals surface area contributed by atoms with Crippen LogP contribution in [0.3, 0.4) is 0 Å². The first-order chi connectivity index (χ1) is 9.43. The molecule has 6 nitrogen and oxygen atoms in total. The van der Waals surface area contributed by atoms with E-state index in [1.807, 2.05) is 0 Å². The van der Waals surface area contributed by atoms with Gasteiger partial charge in [0.05, 0.1) is 0 Å². The van der Waals surface area contributed by atoms with E-state index in [0.717, 1.165) is 24.1 Å². The Morgan fingerprint density at radius 2 is 1.65 bits per heavy atom. The predicted molar refractivity (Wildman–Crippen MR) is 73.1 cm³/mol. The van der Waals surface area contributed by atoms with E-state index >= 15 is 0 Å². The van der Waals surface area contributed by atoms with Crippen molar-refractivity contribution in [3.8, 4) is 0 Å². The van der Waals surface area contributed by atoms with Crippen LogP contribution >= 0.6 is 0 Å². The monoisotopic (exact) mass is 279 g/mol. The molecule has 0 spiro atoms. The highest BCUT2D eigenvalue weighted by Gasteiger charge is 2.30. The molecule has 20 heavy (non-hydrogen) atoms. The van der Waals surface area contributed by atoms with Gasteiger partial charge in [0, 0.05) is 23.6 Å². The van der Waals surface area contributed by atoms with Crippen LogP contribution in [0.25, 0.3) is 0 Å². The van der Waals surface area contributed by atoms with E-state index < -0.39 is 6.16 Å². The summed E-state index contributed by atoms with van der Waals surface area (Å²) in [6, 6.07) is 7.13. The minimum absolute atomic E-state index is 0.0127. The zero-order valence-electron chi connectivity index (χ0n) is 11.1. The molecule has 1 aliphatic carbocycles. The van der Waals surface area contributed by atoms with Gasteiger partial charge in [-0.2, -0.15) is 0 Å². The van der Waals surface area contributed by atoms with Gasteiger partial charge in [0.15, 0.2) is 5.78 Å². The summed E-state index contributed by atoms with van der Waals surface area (Å²) in [7, 11) is 0. The summed E-state index contributed by atoms with van der Waals surface area (Å²) in [6.07, 6.45) is 0.670. The molecule has 0 unspecified atom stereocenters. The molecule has 0 aliphatic heterocycles. The Labute approximate surface area is 116 Å². The number of carbonyl (C=O) groups excluding carboxylic acids is 2. The van der Waals surface area contributed by atoms with Gasteiger partial charge in [0.25, 0.3) is 0 Å². The number of rotatable bonds is 4. The number of ketones is 1. The molecule has 0 radical (unpaired) electrons. The summed E-state index contributed by atoms with van der Waals surface area (Å²) in [5.74, 6) is 0.464. The van der Waals surface area contributed by atoms with Crippen molar-refractivity contribution in [3.63, 3.8) is 0 Å². The van der Waals surface area contributed by atoms with Crippen molar-refractivity contribution in [2.45, 2.75) is 26.2 Å². The lowest BCUT2D eigenvalue weighted by molar-refractivity contribution is -0.115. The minimum Gasteiger partial charge on any atom is -0.450 e. The Morgan fingerprint density at radius 1 is 1.15 bits per heavy atom. The summed E-state index contributed by atoms with van der Waals surface area (Å²) < 4.78 is 0. The third-order valence-electron chi connectivity index (χ3n) is 2.72. The zero-order valence-corrected chi connectivity index (χ0v) is 11.1. The smallest absolute Gasteiger partial charge is 0.450 e. The molecule has 6 heteroatoms. The second-order valence-corrected chi connectivity index (χ2v) is 4.40. The Morgan fingerprint density at radius 3 is 2.05 bits per heavy atom. The first kappa shape index (κ1) is 15.7. The quantitative estimate of drug-likeness (QED) is 0.735. The number of anilines is 1. The zero-order chi connectivity index (χ0) is 15.1. The average molecular weight is 279 g/mol. The lowest BCUT2D eigenvalue weighted by atomic mass is 10.1. The largest absolute Gasteiger partial charge is 0.503 e. The van der Waals surface area contributed by atoms with Gasteiger partial charge in [-0.05, 0) is 37.1 Å². The van der Waals surface area contributed by atoms with Gasteiger partial charge in [0.2, 0.25) is 5.91 Å². The molecule has 1 aromatic rings. The van der Waals surface area contributed by atoms with Crippen molar-refractivity contribution in [1.82, 2.24) is 0 Å². The van der Waals surface area contributed by atoms with Crippen molar-refractivity contribution < 1.29 is 24.6 Å². The standard InChI is InChI=1S/C13H15NO2.CH2O3/c1-2-12(15)14-11-7-5-10(6-8-11)13(16)9-3-4-9;2-1(3)4/h5-9H,2-4H2,1H3,(H,14,15);(H2,2,3,4). The van der Waals surface area contributed by atoms with E-state index in [2.05, 4.69) is 5.32 Å². The molecule has 0 saturated heterocycles. The van der Waals surface area contributed by atoms with Crippen LogP contribution in [0.15, 0.2) is 24.3 Å². The molecule has 1 aliphatic rings. The topological polar surface area (TPSA) is 104 Å². The number of carbonyl (C=O) groups is 3. The van der Waals surface area contributed by atoms with Gasteiger partial charge >= 0.3 is 6.16 Å². The first-order valence-corrected chi connectivity index (χ1v) is 6.30. The predicted octanol–water partition coefficient (Wildman–Crippen LogP) is 2.85. The normalized spacial score (nSPS) is 12.8. The van der Waals surface area contributed by atoms with Gasteiger partial charge in [-0.25, -0.2) is 4.79 Å². The van der Waals surface area contributed by atoms with Crippen LogP contribution in [0, 0.1) is 5.92 Å². The fourth-order valence-electron chi connectivity index (χ4n) is 1.55. The van der Waals surface area contributed by atoms with E-state index in [0.29, 0.717) is 6.42 Å². The second-order valence-electron chi connectivity index (χ2n) is 4.40. The van der Waals surface area contributed by atoms with Crippen LogP contribution < -0.4 is 5.32 Å². The van der Waals surface area contributed by atoms with Gasteiger partial charge in [-0.3, -0.25) is 9.59 Å². The number of hydrogen-bond acceptors (Lipinski definition) is 3. The molecular formula is C14H17NO5. The van der Waals surface area contributed by atoms with Crippen molar-refractivity contribution in [3.05, 3.63) is 29.8 Å². The van der Waals surface area contributed by atoms with Crippen molar-refractivity contribution >= 4 is 23.5 Å². The van der Waals surface area contributed by atoms with Crippen molar-refractivity contribution in [2.75, 3.05) is 5.32 Å². The van der Waals surface area contributed by atoms with Gasteiger partial charge in [-0.15, -0.1) is 0 Å². The second kappa shape index (κ2) is 7.28. The molecule has 0 aromatic heterocycles. The maximum Gasteiger partial charge on any atom is 0.503 e. The molecule has 1 aromatic carbocycles. The maximum absolute atomic E-state index is 11.7. The number of benzene rings is 1. The van der Waals surface area contributed by atoms with Crippen LogP contribution in [0.5, 0.6) is 0 Å². The summed E-state index contributed by atoms with van der Waals surface area (Å²) in [5.41, 5.74) is 1.50.